The molecule has 1 aliphatic heterocycles. The Labute approximate surface area is 98.6 Å². The van der Waals surface area contributed by atoms with Crippen LogP contribution in [0.3, 0.4) is 0 Å². The molecular weight excluding hydrogens is 246 g/mol. The number of Topliss-reactive ketones (excluding diaryl/α,β-unsaturated/α-hetero) is 1. The van der Waals surface area contributed by atoms with Crippen LogP contribution >= 0.6 is 11.3 Å². The predicted molar refractivity (Wildman–Crippen MR) is 62.3 cm³/mol. The average molecular weight is 259 g/mol. The summed E-state index contributed by atoms with van der Waals surface area (Å²) in [5.41, 5.74) is 0. The van der Waals surface area contributed by atoms with E-state index in [2.05, 4.69) is 4.98 Å². The van der Waals surface area contributed by atoms with E-state index in [0.29, 0.717) is 24.3 Å². The molecule has 1 aliphatic rings. The third-order valence-corrected chi connectivity index (χ3v) is 6.04. The molecule has 1 aromatic rings. The van der Waals surface area contributed by atoms with Gasteiger partial charge in [-0.1, -0.05) is 0 Å². The smallest absolute Gasteiger partial charge is 0.159 e. The lowest BCUT2D eigenvalue weighted by atomic mass is 10.3. The van der Waals surface area contributed by atoms with Gasteiger partial charge in [0.25, 0.3) is 0 Å². The van der Waals surface area contributed by atoms with Gasteiger partial charge in [-0.3, -0.25) is 4.79 Å². The minimum atomic E-state index is -2.99. The summed E-state index contributed by atoms with van der Waals surface area (Å²) in [4.78, 5) is 15.9. The first-order chi connectivity index (χ1) is 7.49. The zero-order valence-corrected chi connectivity index (χ0v) is 10.6. The van der Waals surface area contributed by atoms with Gasteiger partial charge in [0, 0.05) is 17.5 Å². The van der Waals surface area contributed by atoms with Crippen LogP contribution in [0, 0.1) is 0 Å². The highest BCUT2D eigenvalue weighted by molar-refractivity contribution is 7.92. The summed E-state index contributed by atoms with van der Waals surface area (Å²) < 4.78 is 23.4. The quantitative estimate of drug-likeness (QED) is 0.825. The number of hydrogen-bond acceptors (Lipinski definition) is 5. The fourth-order valence-corrected chi connectivity index (χ4v) is 5.20. The van der Waals surface area contributed by atoms with E-state index in [0.717, 1.165) is 4.88 Å². The van der Waals surface area contributed by atoms with Crippen LogP contribution in [-0.4, -0.2) is 24.9 Å². The first-order valence-electron chi connectivity index (χ1n) is 5.14. The highest BCUT2D eigenvalue weighted by atomic mass is 32.2. The van der Waals surface area contributed by atoms with Crippen LogP contribution in [0.5, 0.6) is 0 Å². The fraction of sp³-hybridized carbons (Fsp3) is 0.600. The fourth-order valence-electron chi connectivity index (χ4n) is 1.87. The van der Waals surface area contributed by atoms with E-state index in [9.17, 15) is 13.2 Å². The van der Waals surface area contributed by atoms with Gasteiger partial charge >= 0.3 is 0 Å². The van der Waals surface area contributed by atoms with Crippen molar-refractivity contribution in [2.45, 2.75) is 31.4 Å². The zero-order valence-electron chi connectivity index (χ0n) is 8.97. The van der Waals surface area contributed by atoms with Crippen molar-refractivity contribution in [3.05, 3.63) is 16.1 Å². The molecule has 4 nitrogen and oxygen atoms in total. The van der Waals surface area contributed by atoms with Gasteiger partial charge in [0.2, 0.25) is 0 Å². The van der Waals surface area contributed by atoms with Gasteiger partial charge in [-0.2, -0.15) is 0 Å². The summed E-state index contributed by atoms with van der Waals surface area (Å²) in [6.45, 7) is 1.52. The van der Waals surface area contributed by atoms with Crippen LogP contribution in [0.15, 0.2) is 6.20 Å². The van der Waals surface area contributed by atoms with Gasteiger partial charge in [0.1, 0.15) is 16.0 Å². The van der Waals surface area contributed by atoms with E-state index in [1.54, 1.807) is 6.20 Å². The first-order valence-corrected chi connectivity index (χ1v) is 7.68. The first kappa shape index (κ1) is 11.7. The normalized spacial score (nSPS) is 23.4. The Hall–Kier alpha value is -0.750. The molecule has 16 heavy (non-hydrogen) atoms. The molecule has 0 aliphatic carbocycles. The van der Waals surface area contributed by atoms with Gasteiger partial charge in [0.15, 0.2) is 9.84 Å². The Morgan fingerprint density at radius 1 is 1.62 bits per heavy atom. The monoisotopic (exact) mass is 259 g/mol. The summed E-state index contributed by atoms with van der Waals surface area (Å²) in [6, 6.07) is 0. The SMILES string of the molecule is CC(=O)Cc1cnc(C2CCCS2(=O)=O)s1. The number of aromatic nitrogens is 1. The summed E-state index contributed by atoms with van der Waals surface area (Å²) in [6.07, 6.45) is 3.35. The summed E-state index contributed by atoms with van der Waals surface area (Å²) in [5.74, 6) is 0.337. The Balaban J connectivity index is 2.22. The van der Waals surface area contributed by atoms with E-state index in [-0.39, 0.29) is 11.5 Å². The Morgan fingerprint density at radius 3 is 2.94 bits per heavy atom. The molecule has 1 unspecified atom stereocenters. The second-order valence-electron chi connectivity index (χ2n) is 4.04. The molecule has 0 saturated carbocycles. The van der Waals surface area contributed by atoms with Crippen LogP contribution in [0.2, 0.25) is 0 Å². The van der Waals surface area contributed by atoms with Crippen LogP contribution < -0.4 is 0 Å². The van der Waals surface area contributed by atoms with Crippen LogP contribution in [0.1, 0.15) is 34.9 Å². The zero-order chi connectivity index (χ0) is 11.8. The minimum Gasteiger partial charge on any atom is -0.300 e. The van der Waals surface area contributed by atoms with E-state index < -0.39 is 15.1 Å². The van der Waals surface area contributed by atoms with E-state index in [4.69, 9.17) is 0 Å². The number of rotatable bonds is 3. The van der Waals surface area contributed by atoms with Crippen molar-refractivity contribution in [3.8, 4) is 0 Å². The number of ketones is 1. The maximum Gasteiger partial charge on any atom is 0.159 e. The maximum atomic E-state index is 11.7. The number of hydrogen-bond donors (Lipinski definition) is 0. The van der Waals surface area contributed by atoms with Gasteiger partial charge < -0.3 is 0 Å². The van der Waals surface area contributed by atoms with Crippen molar-refractivity contribution in [1.82, 2.24) is 4.98 Å². The molecule has 1 saturated heterocycles. The summed E-state index contributed by atoms with van der Waals surface area (Å²) in [5, 5.41) is 0.215. The van der Waals surface area contributed by atoms with Crippen molar-refractivity contribution in [2.24, 2.45) is 0 Å². The Bertz CT molecular complexity index is 504. The second kappa shape index (κ2) is 4.25. The van der Waals surface area contributed by atoms with Crippen molar-refractivity contribution in [2.75, 3.05) is 5.75 Å². The van der Waals surface area contributed by atoms with Gasteiger partial charge in [-0.05, 0) is 19.8 Å². The van der Waals surface area contributed by atoms with E-state index in [1.165, 1.54) is 18.3 Å². The molecule has 2 heterocycles. The lowest BCUT2D eigenvalue weighted by molar-refractivity contribution is -0.116. The standard InChI is InChI=1S/C10H13NO3S2/c1-7(12)5-8-6-11-10(15-8)9-3-2-4-16(9,13)14/h6,9H,2-5H2,1H3. The second-order valence-corrected chi connectivity index (χ2v) is 7.49. The van der Waals surface area contributed by atoms with E-state index in [1.807, 2.05) is 0 Å². The Kier molecular flexibility index (Phi) is 3.12. The molecule has 1 fully saturated rings. The molecule has 1 aromatic heterocycles. The lowest BCUT2D eigenvalue weighted by Gasteiger charge is -2.03. The predicted octanol–water partition coefficient (Wildman–Crippen LogP) is 1.52. The molecular formula is C10H13NO3S2. The molecule has 0 amide bonds. The average Bonchev–Trinajstić information content (AvgIpc) is 2.70. The largest absolute Gasteiger partial charge is 0.300 e. The molecule has 1 atom stereocenters. The number of nitrogens with zero attached hydrogens (tertiary/aromatic N) is 1. The lowest BCUT2D eigenvalue weighted by Crippen LogP contribution is -2.07. The number of thiazole rings is 1. The molecule has 0 spiro atoms. The highest BCUT2D eigenvalue weighted by Crippen LogP contribution is 2.36. The summed E-state index contributed by atoms with van der Waals surface area (Å²) in [7, 11) is -2.99. The number of carbonyl (C=O) groups excluding carboxylic acids is 1. The van der Waals surface area contributed by atoms with Gasteiger partial charge in [-0.25, -0.2) is 13.4 Å². The molecule has 0 aromatic carbocycles. The molecule has 6 heteroatoms. The van der Waals surface area contributed by atoms with Crippen LogP contribution in [0.25, 0.3) is 0 Å². The molecule has 88 valence electrons. The summed E-state index contributed by atoms with van der Waals surface area (Å²) >= 11 is 1.35. The van der Waals surface area contributed by atoms with Gasteiger partial charge in [0.05, 0.1) is 5.75 Å². The Morgan fingerprint density at radius 2 is 2.38 bits per heavy atom. The number of sulfone groups is 1. The van der Waals surface area contributed by atoms with Crippen molar-refractivity contribution < 1.29 is 13.2 Å². The topological polar surface area (TPSA) is 64.1 Å². The van der Waals surface area contributed by atoms with Crippen LogP contribution in [-0.2, 0) is 21.1 Å². The van der Waals surface area contributed by atoms with Gasteiger partial charge in [-0.15, -0.1) is 11.3 Å². The molecule has 0 radical (unpaired) electrons. The van der Waals surface area contributed by atoms with Crippen molar-refractivity contribution in [1.29, 1.82) is 0 Å². The van der Waals surface area contributed by atoms with Crippen molar-refractivity contribution in [3.63, 3.8) is 0 Å². The third kappa shape index (κ3) is 2.32. The van der Waals surface area contributed by atoms with E-state index >= 15 is 0 Å². The molecule has 0 N–H and O–H groups in total. The molecule has 2 rings (SSSR count). The molecule has 0 bridgehead atoms. The number of carbonyl (C=O) groups is 1. The van der Waals surface area contributed by atoms with Crippen LogP contribution in [0.4, 0.5) is 0 Å². The maximum absolute atomic E-state index is 11.7. The minimum absolute atomic E-state index is 0.0736. The third-order valence-electron chi connectivity index (χ3n) is 2.60. The van der Waals surface area contributed by atoms with Crippen molar-refractivity contribution >= 4 is 27.0 Å². The highest BCUT2D eigenvalue weighted by Gasteiger charge is 2.34.